The van der Waals surface area contributed by atoms with Gasteiger partial charge in [-0.3, -0.25) is 4.79 Å². The maximum absolute atomic E-state index is 13.5. The van der Waals surface area contributed by atoms with E-state index in [1.54, 1.807) is 13.0 Å². The molecule has 1 aliphatic rings. The van der Waals surface area contributed by atoms with Crippen molar-refractivity contribution in [1.82, 2.24) is 14.8 Å². The van der Waals surface area contributed by atoms with Gasteiger partial charge in [-0.25, -0.2) is 8.42 Å². The van der Waals surface area contributed by atoms with Gasteiger partial charge in [0.1, 0.15) is 5.69 Å². The highest BCUT2D eigenvalue weighted by Crippen LogP contribution is 2.30. The van der Waals surface area contributed by atoms with Crippen LogP contribution in [0.1, 0.15) is 66.8 Å². The summed E-state index contributed by atoms with van der Waals surface area (Å²) in [5, 5.41) is 6.94. The third-order valence-electron chi connectivity index (χ3n) is 6.40. The third-order valence-corrected chi connectivity index (χ3v) is 8.45. The summed E-state index contributed by atoms with van der Waals surface area (Å²) in [6, 6.07) is 4.31. The molecule has 1 unspecified atom stereocenters. The first kappa shape index (κ1) is 25.2. The lowest BCUT2D eigenvalue weighted by Crippen LogP contribution is -2.44. The largest absolute Gasteiger partial charge is 0.355 e. The van der Waals surface area contributed by atoms with Gasteiger partial charge in [-0.1, -0.05) is 35.9 Å². The minimum absolute atomic E-state index is 0.00927. The Kier molecular flexibility index (Phi) is 7.80. The number of benzene rings is 1. The molecule has 1 fully saturated rings. The minimum atomic E-state index is -3.79. The van der Waals surface area contributed by atoms with Gasteiger partial charge in [0.05, 0.1) is 0 Å². The Bertz CT molecular complexity index is 1120. The molecule has 0 saturated carbocycles. The molecule has 0 aliphatic carbocycles. The molecule has 0 bridgehead atoms. The fourth-order valence-electron chi connectivity index (χ4n) is 4.36. The van der Waals surface area contributed by atoms with Crippen LogP contribution in [0.25, 0.3) is 12.2 Å². The number of hydrogen-bond donors (Lipinski definition) is 1. The molecule has 1 N–H and O–H groups in total. The van der Waals surface area contributed by atoms with Gasteiger partial charge in [0.15, 0.2) is 10.7 Å². The van der Waals surface area contributed by atoms with Crippen molar-refractivity contribution in [3.05, 3.63) is 45.8 Å². The van der Waals surface area contributed by atoms with E-state index in [4.69, 9.17) is 4.52 Å². The van der Waals surface area contributed by atoms with E-state index in [-0.39, 0.29) is 28.5 Å². The van der Waals surface area contributed by atoms with Crippen LogP contribution in [-0.4, -0.2) is 42.9 Å². The number of hydrogen-bond acceptors (Lipinski definition) is 5. The summed E-state index contributed by atoms with van der Waals surface area (Å²) in [6.45, 7) is 12.3. The molecule has 33 heavy (non-hydrogen) atoms. The Balaban J connectivity index is 1.79. The van der Waals surface area contributed by atoms with Crippen LogP contribution in [0.2, 0.25) is 0 Å². The first-order valence-corrected chi connectivity index (χ1v) is 13.0. The van der Waals surface area contributed by atoms with Gasteiger partial charge in [-0.05, 0) is 76.6 Å². The lowest BCUT2D eigenvalue weighted by Gasteiger charge is -2.31. The van der Waals surface area contributed by atoms with Gasteiger partial charge in [-0.2, -0.15) is 4.31 Å². The van der Waals surface area contributed by atoms with Crippen molar-refractivity contribution in [1.29, 1.82) is 0 Å². The van der Waals surface area contributed by atoms with E-state index in [0.717, 1.165) is 23.1 Å². The normalized spacial score (nSPS) is 16.9. The van der Waals surface area contributed by atoms with Gasteiger partial charge in [0.2, 0.25) is 15.9 Å². The van der Waals surface area contributed by atoms with Crippen LogP contribution >= 0.6 is 0 Å². The first-order valence-electron chi connectivity index (χ1n) is 11.6. The van der Waals surface area contributed by atoms with E-state index in [2.05, 4.69) is 29.5 Å². The number of aromatic nitrogens is 1. The molecule has 1 atom stereocenters. The Hall–Kier alpha value is -2.45. The summed E-state index contributed by atoms with van der Waals surface area (Å²) in [4.78, 5) is 12.5. The van der Waals surface area contributed by atoms with E-state index in [1.165, 1.54) is 9.87 Å². The second kappa shape index (κ2) is 10.2. The van der Waals surface area contributed by atoms with Crippen LogP contribution in [0.5, 0.6) is 0 Å². The Morgan fingerprint density at radius 3 is 2.36 bits per heavy atom. The van der Waals surface area contributed by atoms with Crippen LogP contribution in [0, 0.1) is 33.6 Å². The monoisotopic (exact) mass is 473 g/mol. The number of sulfonamides is 1. The van der Waals surface area contributed by atoms with E-state index < -0.39 is 10.0 Å². The average molecular weight is 474 g/mol. The van der Waals surface area contributed by atoms with Gasteiger partial charge in [0, 0.05) is 25.0 Å². The molecule has 1 aliphatic heterocycles. The summed E-state index contributed by atoms with van der Waals surface area (Å²) < 4.78 is 33.8. The van der Waals surface area contributed by atoms with E-state index >= 15 is 0 Å². The molecule has 1 amide bonds. The third kappa shape index (κ3) is 5.55. The molecule has 2 heterocycles. The zero-order valence-electron chi connectivity index (χ0n) is 20.4. The van der Waals surface area contributed by atoms with Crippen molar-refractivity contribution in [2.24, 2.45) is 5.92 Å². The Morgan fingerprint density at radius 2 is 1.79 bits per heavy atom. The quantitative estimate of drug-likeness (QED) is 0.644. The Labute approximate surface area is 197 Å². The molecule has 1 saturated heterocycles. The number of carbonyl (C=O) groups is 1. The van der Waals surface area contributed by atoms with Crippen LogP contribution in [0.15, 0.2) is 21.6 Å². The Morgan fingerprint density at radius 1 is 1.18 bits per heavy atom. The maximum atomic E-state index is 13.5. The molecular weight excluding hydrogens is 438 g/mol. The zero-order chi connectivity index (χ0) is 24.3. The molecule has 0 spiro atoms. The lowest BCUT2D eigenvalue weighted by atomic mass is 9.97. The maximum Gasteiger partial charge on any atom is 0.248 e. The van der Waals surface area contributed by atoms with E-state index in [1.807, 2.05) is 33.8 Å². The topological polar surface area (TPSA) is 92.5 Å². The van der Waals surface area contributed by atoms with Crippen molar-refractivity contribution in [3.63, 3.8) is 0 Å². The van der Waals surface area contributed by atoms with Crippen LogP contribution in [0.4, 0.5) is 0 Å². The number of nitrogens with one attached hydrogen (secondary N) is 1. The molecule has 8 heteroatoms. The van der Waals surface area contributed by atoms with E-state index in [9.17, 15) is 13.2 Å². The van der Waals surface area contributed by atoms with E-state index in [0.29, 0.717) is 31.6 Å². The number of carbonyl (C=O) groups excluding carboxylic acids is 1. The van der Waals surface area contributed by atoms with Crippen LogP contribution in [0.3, 0.4) is 0 Å². The van der Waals surface area contributed by atoms with Gasteiger partial charge >= 0.3 is 0 Å². The molecular formula is C25H35N3O4S. The molecule has 7 nitrogen and oxygen atoms in total. The summed E-state index contributed by atoms with van der Waals surface area (Å²) in [7, 11) is -3.79. The second-order valence-corrected chi connectivity index (χ2v) is 11.0. The smallest absolute Gasteiger partial charge is 0.248 e. The number of nitrogens with zero attached hydrogens (tertiary/aromatic N) is 2. The summed E-state index contributed by atoms with van der Waals surface area (Å²) in [5.74, 6) is 0.0689. The number of piperidine rings is 1. The first-order chi connectivity index (χ1) is 15.5. The molecule has 0 radical (unpaired) electrons. The highest BCUT2D eigenvalue weighted by Gasteiger charge is 2.36. The summed E-state index contributed by atoms with van der Waals surface area (Å²) >= 11 is 0. The van der Waals surface area contributed by atoms with Crippen molar-refractivity contribution in [2.75, 3.05) is 13.1 Å². The standard InChI is InChI=1S/C25H35N3O4S/c1-7-19(5)26-25(29)21-10-12-28(13-11-21)33(30,31)24-20(6)27-32-23(24)9-8-22-17(3)14-16(2)15-18(22)4/h8-9,14-15,19,21H,7,10-13H2,1-6H3,(H,26,29)/b9-8+. The fraction of sp³-hybridized carbons (Fsp3) is 0.520. The summed E-state index contributed by atoms with van der Waals surface area (Å²) in [6.07, 6.45) is 5.43. The lowest BCUT2D eigenvalue weighted by molar-refractivity contribution is -0.126. The molecule has 1 aromatic heterocycles. The van der Waals surface area contributed by atoms with Crippen molar-refractivity contribution in [3.8, 4) is 0 Å². The van der Waals surface area contributed by atoms with Gasteiger partial charge in [-0.15, -0.1) is 0 Å². The van der Waals surface area contributed by atoms with Crippen molar-refractivity contribution in [2.45, 2.75) is 71.7 Å². The number of aryl methyl sites for hydroxylation is 4. The molecule has 2 aromatic rings. The van der Waals surface area contributed by atoms with Crippen LogP contribution < -0.4 is 5.32 Å². The average Bonchev–Trinajstić information content (AvgIpc) is 3.14. The van der Waals surface area contributed by atoms with Crippen molar-refractivity contribution >= 4 is 28.1 Å². The SMILES string of the molecule is CCC(C)NC(=O)C1CCN(S(=O)(=O)c2c(C)noc2/C=C/c2c(C)cc(C)cc2C)CC1. The van der Waals surface area contributed by atoms with Crippen LogP contribution in [-0.2, 0) is 14.8 Å². The number of rotatable bonds is 7. The highest BCUT2D eigenvalue weighted by atomic mass is 32.2. The predicted octanol–water partition coefficient (Wildman–Crippen LogP) is 4.39. The minimum Gasteiger partial charge on any atom is -0.355 e. The van der Waals surface area contributed by atoms with Crippen molar-refractivity contribution < 1.29 is 17.7 Å². The molecule has 1 aromatic carbocycles. The highest BCUT2D eigenvalue weighted by molar-refractivity contribution is 7.89. The second-order valence-electron chi connectivity index (χ2n) is 9.10. The number of amides is 1. The molecule has 180 valence electrons. The fourth-order valence-corrected chi connectivity index (χ4v) is 6.08. The molecule has 3 rings (SSSR count). The summed E-state index contributed by atoms with van der Waals surface area (Å²) in [5.41, 5.74) is 4.78. The predicted molar refractivity (Wildman–Crippen MR) is 130 cm³/mol. The van der Waals surface area contributed by atoms with Gasteiger partial charge in [0.25, 0.3) is 0 Å². The zero-order valence-corrected chi connectivity index (χ0v) is 21.3. The van der Waals surface area contributed by atoms with Gasteiger partial charge < -0.3 is 9.84 Å².